The van der Waals surface area contributed by atoms with Crippen molar-refractivity contribution in [3.05, 3.63) is 27.4 Å². The van der Waals surface area contributed by atoms with Gasteiger partial charge in [-0.15, -0.1) is 0 Å². The maximum Gasteiger partial charge on any atom is 0.341 e. The Morgan fingerprint density at radius 2 is 1.71 bits per heavy atom. The summed E-state index contributed by atoms with van der Waals surface area (Å²) in [5.74, 6) is -1.90. The normalized spacial score (nSPS) is 20.6. The molecule has 3 aliphatic rings. The molecule has 1 N–H and O–H groups in total. The molecule has 3 heterocycles. The van der Waals surface area contributed by atoms with Gasteiger partial charge in [-0.3, -0.25) is 14.2 Å². The summed E-state index contributed by atoms with van der Waals surface area (Å²) >= 11 is 1.45. The largest absolute Gasteiger partial charge is 0.459 e. The van der Waals surface area contributed by atoms with Gasteiger partial charge in [0.25, 0.3) is 5.56 Å². The predicted octanol–water partition coefficient (Wildman–Crippen LogP) is 3.64. The third-order valence-corrected chi connectivity index (χ3v) is 6.86. The third-order valence-electron chi connectivity index (χ3n) is 5.90. The molecule has 0 bridgehead atoms. The van der Waals surface area contributed by atoms with Gasteiger partial charge in [-0.1, -0.05) is 31.0 Å². The summed E-state index contributed by atoms with van der Waals surface area (Å²) < 4.78 is 19.1. The fraction of sp³-hybridized carbons (Fsp3) is 0.680. The molecular formula is C25H35N3O6S. The highest BCUT2D eigenvalue weighted by atomic mass is 32.2. The fourth-order valence-corrected chi connectivity index (χ4v) is 5.43. The van der Waals surface area contributed by atoms with Gasteiger partial charge in [-0.2, -0.15) is 4.98 Å². The molecule has 10 heteroatoms. The maximum atomic E-state index is 13.6. The first kappa shape index (κ1) is 25.6. The Balaban J connectivity index is 1.88. The minimum absolute atomic E-state index is 0.0144. The Morgan fingerprint density at radius 3 is 2.34 bits per heavy atom. The molecule has 1 saturated carbocycles. The van der Waals surface area contributed by atoms with E-state index in [0.29, 0.717) is 17.5 Å². The van der Waals surface area contributed by atoms with E-state index < -0.39 is 34.6 Å². The molecule has 2 aliphatic heterocycles. The highest BCUT2D eigenvalue weighted by Gasteiger charge is 2.46. The van der Waals surface area contributed by atoms with Gasteiger partial charge in [0.1, 0.15) is 22.7 Å². The van der Waals surface area contributed by atoms with Crippen LogP contribution in [0.5, 0.6) is 5.88 Å². The summed E-state index contributed by atoms with van der Waals surface area (Å²) in [7, 11) is 0. The van der Waals surface area contributed by atoms with Crippen molar-refractivity contribution in [3.63, 3.8) is 0 Å². The molecule has 0 aromatic carbocycles. The van der Waals surface area contributed by atoms with E-state index in [2.05, 4.69) is 10.3 Å². The van der Waals surface area contributed by atoms with Gasteiger partial charge in [0.2, 0.25) is 11.8 Å². The Morgan fingerprint density at radius 1 is 1.06 bits per heavy atom. The van der Waals surface area contributed by atoms with Gasteiger partial charge in [-0.25, -0.2) is 4.79 Å². The van der Waals surface area contributed by atoms with E-state index in [0.717, 1.165) is 32.1 Å². The van der Waals surface area contributed by atoms with Crippen LogP contribution in [0.4, 0.5) is 0 Å². The molecule has 4 rings (SSSR count). The van der Waals surface area contributed by atoms with Crippen molar-refractivity contribution >= 4 is 23.7 Å². The second-order valence-corrected chi connectivity index (χ2v) is 12.3. The SMILES string of the molecule is CC(C)(C)OC(=O)C1=C(NC2CCCCC2)Oc2nc3n(c(=O)c2C1C(=O)OC(C)(C)C)CCS3. The summed E-state index contributed by atoms with van der Waals surface area (Å²) in [4.78, 5) is 45.3. The predicted molar refractivity (Wildman–Crippen MR) is 131 cm³/mol. The van der Waals surface area contributed by atoms with Crippen molar-refractivity contribution in [2.45, 2.75) is 109 Å². The molecule has 0 spiro atoms. The molecule has 192 valence electrons. The van der Waals surface area contributed by atoms with Crippen molar-refractivity contribution < 1.29 is 23.8 Å². The van der Waals surface area contributed by atoms with Gasteiger partial charge < -0.3 is 19.5 Å². The lowest BCUT2D eigenvalue weighted by molar-refractivity contribution is -0.160. The number of nitrogens with zero attached hydrogens (tertiary/aromatic N) is 2. The molecule has 1 atom stereocenters. The highest BCUT2D eigenvalue weighted by Crippen LogP contribution is 2.40. The second kappa shape index (κ2) is 9.52. The number of thioether (sulfide) groups is 1. The van der Waals surface area contributed by atoms with Crippen LogP contribution in [0.1, 0.15) is 85.1 Å². The van der Waals surface area contributed by atoms with E-state index in [9.17, 15) is 14.4 Å². The van der Waals surface area contributed by atoms with Crippen LogP contribution in [0.3, 0.4) is 0 Å². The zero-order valence-corrected chi connectivity index (χ0v) is 22.2. The second-order valence-electron chi connectivity index (χ2n) is 11.2. The quantitative estimate of drug-likeness (QED) is 0.484. The number of carbonyl (C=O) groups is 2. The molecule has 0 radical (unpaired) electrons. The van der Waals surface area contributed by atoms with Crippen molar-refractivity contribution in [3.8, 4) is 5.88 Å². The zero-order valence-electron chi connectivity index (χ0n) is 21.4. The monoisotopic (exact) mass is 505 g/mol. The molecule has 1 unspecified atom stereocenters. The molecule has 0 amide bonds. The van der Waals surface area contributed by atoms with E-state index >= 15 is 0 Å². The average molecular weight is 506 g/mol. The fourth-order valence-electron chi connectivity index (χ4n) is 4.50. The van der Waals surface area contributed by atoms with Crippen LogP contribution in [-0.4, -0.2) is 44.5 Å². The van der Waals surface area contributed by atoms with E-state index in [1.807, 2.05) is 0 Å². The molecule has 9 nitrogen and oxygen atoms in total. The van der Waals surface area contributed by atoms with E-state index in [1.165, 1.54) is 16.3 Å². The van der Waals surface area contributed by atoms with Crippen LogP contribution in [0, 0.1) is 0 Å². The summed E-state index contributed by atoms with van der Waals surface area (Å²) in [6.07, 6.45) is 5.09. The number of hydrogen-bond acceptors (Lipinski definition) is 9. The van der Waals surface area contributed by atoms with Crippen molar-refractivity contribution in [2.24, 2.45) is 0 Å². The lowest BCUT2D eigenvalue weighted by Gasteiger charge is -2.33. The van der Waals surface area contributed by atoms with Crippen LogP contribution < -0.4 is 15.6 Å². The first-order chi connectivity index (χ1) is 16.3. The van der Waals surface area contributed by atoms with E-state index in [4.69, 9.17) is 14.2 Å². The zero-order chi connectivity index (χ0) is 25.5. The standard InChI is InChI=1S/C25H35N3O6S/c1-24(2,3)33-21(30)15-16-18(27-23-28(20(16)29)12-13-35-23)32-19(26-14-10-8-7-9-11-14)17(15)22(31)34-25(4,5)6/h14-15,26H,7-13H2,1-6H3. The summed E-state index contributed by atoms with van der Waals surface area (Å²) in [6.45, 7) is 11.0. The molecule has 1 aliphatic carbocycles. The Kier molecular flexibility index (Phi) is 6.96. The van der Waals surface area contributed by atoms with Crippen LogP contribution in [0.15, 0.2) is 21.4 Å². The Hall–Kier alpha value is -2.49. The van der Waals surface area contributed by atoms with Crippen LogP contribution in [0.2, 0.25) is 0 Å². The number of hydrogen-bond donors (Lipinski definition) is 1. The van der Waals surface area contributed by atoms with Crippen LogP contribution >= 0.6 is 11.8 Å². The van der Waals surface area contributed by atoms with Crippen molar-refractivity contribution in [2.75, 3.05) is 5.75 Å². The van der Waals surface area contributed by atoms with Gasteiger partial charge >= 0.3 is 11.9 Å². The molecule has 1 aromatic heterocycles. The Labute approximate surface area is 210 Å². The number of nitrogens with one attached hydrogen (secondary N) is 1. The third kappa shape index (κ3) is 5.68. The number of fused-ring (bicyclic) bond motifs is 2. The first-order valence-corrected chi connectivity index (χ1v) is 13.2. The van der Waals surface area contributed by atoms with Crippen LogP contribution in [-0.2, 0) is 25.6 Å². The number of rotatable bonds is 4. The summed E-state index contributed by atoms with van der Waals surface area (Å²) in [6, 6.07) is 0.0712. The Bertz CT molecular complexity index is 1110. The molecule has 1 fully saturated rings. The van der Waals surface area contributed by atoms with E-state index in [-0.39, 0.29) is 28.9 Å². The van der Waals surface area contributed by atoms with Crippen molar-refractivity contribution in [1.29, 1.82) is 0 Å². The number of carbonyl (C=O) groups excluding carboxylic acids is 2. The number of esters is 2. The molecule has 1 aromatic rings. The molecule has 0 saturated heterocycles. The van der Waals surface area contributed by atoms with Gasteiger partial charge in [0.05, 0.1) is 5.56 Å². The maximum absolute atomic E-state index is 13.6. The van der Waals surface area contributed by atoms with Gasteiger partial charge in [-0.05, 0) is 54.4 Å². The lowest BCUT2D eigenvalue weighted by atomic mass is 9.89. The smallest absolute Gasteiger partial charge is 0.341 e. The van der Waals surface area contributed by atoms with Gasteiger partial charge in [0, 0.05) is 18.3 Å². The minimum Gasteiger partial charge on any atom is -0.459 e. The summed E-state index contributed by atoms with van der Waals surface area (Å²) in [5.41, 5.74) is -2.08. The van der Waals surface area contributed by atoms with Gasteiger partial charge in [0.15, 0.2) is 5.16 Å². The molecular weight excluding hydrogens is 470 g/mol. The molecule has 35 heavy (non-hydrogen) atoms. The number of ether oxygens (including phenoxy) is 3. The minimum atomic E-state index is -1.32. The lowest BCUT2D eigenvalue weighted by Crippen LogP contribution is -2.43. The van der Waals surface area contributed by atoms with E-state index in [1.54, 1.807) is 41.5 Å². The van der Waals surface area contributed by atoms with Crippen LogP contribution in [0.25, 0.3) is 0 Å². The van der Waals surface area contributed by atoms with Crippen molar-refractivity contribution in [1.82, 2.24) is 14.9 Å². The number of aromatic nitrogens is 2. The first-order valence-electron chi connectivity index (χ1n) is 12.3. The highest BCUT2D eigenvalue weighted by molar-refractivity contribution is 7.99. The topological polar surface area (TPSA) is 109 Å². The summed E-state index contributed by atoms with van der Waals surface area (Å²) in [5, 5.41) is 3.88. The average Bonchev–Trinajstić information content (AvgIpc) is 3.20.